The van der Waals surface area contributed by atoms with E-state index in [-0.39, 0.29) is 11.8 Å². The summed E-state index contributed by atoms with van der Waals surface area (Å²) in [7, 11) is 0. The Kier molecular flexibility index (Phi) is 5.08. The summed E-state index contributed by atoms with van der Waals surface area (Å²) < 4.78 is 5.86. The van der Waals surface area contributed by atoms with Gasteiger partial charge in [-0.3, -0.25) is 9.59 Å². The van der Waals surface area contributed by atoms with Crippen molar-refractivity contribution in [3.05, 3.63) is 28.5 Å². The summed E-state index contributed by atoms with van der Waals surface area (Å²) in [6, 6.07) is 2.77. The third kappa shape index (κ3) is 3.77. The molecule has 0 radical (unpaired) electrons. The van der Waals surface area contributed by atoms with Crippen molar-refractivity contribution in [3.63, 3.8) is 0 Å². The Morgan fingerprint density at radius 2 is 2.10 bits per heavy atom. The number of nitrogens with zero attached hydrogens (tertiary/aromatic N) is 2. The highest BCUT2D eigenvalue weighted by molar-refractivity contribution is 9.10. The summed E-state index contributed by atoms with van der Waals surface area (Å²) in [6.07, 6.45) is 1.46. The first kappa shape index (κ1) is 14.9. The number of ether oxygens (including phenoxy) is 1. The monoisotopic (exact) mass is 341 g/mol. The number of nitrogens with one attached hydrogen (secondary N) is 1. The van der Waals surface area contributed by atoms with Gasteiger partial charge < -0.3 is 15.0 Å². The summed E-state index contributed by atoms with van der Waals surface area (Å²) in [5.74, 6) is -0.397. The maximum atomic E-state index is 12.2. The second-order valence-electron chi connectivity index (χ2n) is 4.50. The molecule has 108 valence electrons. The maximum Gasteiger partial charge on any atom is 0.253 e. The van der Waals surface area contributed by atoms with Crippen molar-refractivity contribution in [2.75, 3.05) is 26.3 Å². The van der Waals surface area contributed by atoms with Crippen LogP contribution in [0.25, 0.3) is 0 Å². The third-order valence-corrected chi connectivity index (χ3v) is 3.50. The molecule has 2 heterocycles. The molecule has 0 bridgehead atoms. The molecule has 0 aliphatic carbocycles. The molecule has 1 unspecified atom stereocenters. The molecule has 2 rings (SSSR count). The first-order valence-corrected chi connectivity index (χ1v) is 7.16. The van der Waals surface area contributed by atoms with Crippen molar-refractivity contribution in [3.8, 4) is 0 Å². The predicted molar refractivity (Wildman–Crippen MR) is 76.3 cm³/mol. The standard InChI is InChI=1S/C13H16BrN3O3/c1-9(13(19)17-4-6-20-7-5-17)16-12(18)10-2-3-11(14)15-8-10/h2-3,8-9H,4-7H2,1H3,(H,16,18). The lowest BCUT2D eigenvalue weighted by atomic mass is 10.2. The zero-order chi connectivity index (χ0) is 14.5. The van der Waals surface area contributed by atoms with Gasteiger partial charge in [-0.05, 0) is 35.0 Å². The molecule has 0 aromatic carbocycles. The first-order chi connectivity index (χ1) is 9.58. The van der Waals surface area contributed by atoms with Crippen LogP contribution in [0.1, 0.15) is 17.3 Å². The Morgan fingerprint density at radius 1 is 1.40 bits per heavy atom. The molecule has 0 spiro atoms. The molecule has 6 nitrogen and oxygen atoms in total. The van der Waals surface area contributed by atoms with Gasteiger partial charge in [-0.2, -0.15) is 0 Å². The Hall–Kier alpha value is -1.47. The first-order valence-electron chi connectivity index (χ1n) is 6.37. The Labute approximate surface area is 125 Å². The zero-order valence-electron chi connectivity index (χ0n) is 11.1. The van der Waals surface area contributed by atoms with Crippen molar-refractivity contribution in [2.45, 2.75) is 13.0 Å². The number of hydrogen-bond donors (Lipinski definition) is 1. The van der Waals surface area contributed by atoms with Gasteiger partial charge in [0.25, 0.3) is 5.91 Å². The van der Waals surface area contributed by atoms with Crippen LogP contribution < -0.4 is 5.32 Å². The topological polar surface area (TPSA) is 71.5 Å². The van der Waals surface area contributed by atoms with E-state index in [0.717, 1.165) is 0 Å². The minimum Gasteiger partial charge on any atom is -0.378 e. The van der Waals surface area contributed by atoms with Crippen LogP contribution in [-0.2, 0) is 9.53 Å². The van der Waals surface area contributed by atoms with Crippen LogP contribution >= 0.6 is 15.9 Å². The number of halogens is 1. The Bertz CT molecular complexity index is 486. The Morgan fingerprint density at radius 3 is 2.70 bits per heavy atom. The number of amides is 2. The normalized spacial score (nSPS) is 16.6. The number of pyridine rings is 1. The van der Waals surface area contributed by atoms with Crippen LogP contribution in [0.15, 0.2) is 22.9 Å². The lowest BCUT2D eigenvalue weighted by Gasteiger charge is -2.29. The van der Waals surface area contributed by atoms with Crippen molar-refractivity contribution < 1.29 is 14.3 Å². The van der Waals surface area contributed by atoms with E-state index in [1.54, 1.807) is 24.0 Å². The minimum absolute atomic E-state index is 0.0910. The minimum atomic E-state index is -0.566. The molecule has 1 N–H and O–H groups in total. The van der Waals surface area contributed by atoms with Crippen molar-refractivity contribution in [1.82, 2.24) is 15.2 Å². The van der Waals surface area contributed by atoms with Crippen molar-refractivity contribution in [2.24, 2.45) is 0 Å². The van der Waals surface area contributed by atoms with Gasteiger partial charge in [0.2, 0.25) is 5.91 Å². The van der Waals surface area contributed by atoms with E-state index >= 15 is 0 Å². The van der Waals surface area contributed by atoms with Crippen LogP contribution in [0.3, 0.4) is 0 Å². The van der Waals surface area contributed by atoms with Gasteiger partial charge >= 0.3 is 0 Å². The largest absolute Gasteiger partial charge is 0.378 e. The van der Waals surface area contributed by atoms with E-state index in [2.05, 4.69) is 26.2 Å². The lowest BCUT2D eigenvalue weighted by Crippen LogP contribution is -2.50. The number of carbonyl (C=O) groups is 2. The van der Waals surface area contributed by atoms with E-state index in [4.69, 9.17) is 4.74 Å². The molecule has 0 saturated carbocycles. The van der Waals surface area contributed by atoms with Gasteiger partial charge in [0, 0.05) is 19.3 Å². The molecule has 1 aromatic heterocycles. The van der Waals surface area contributed by atoms with Crippen LogP contribution in [0.2, 0.25) is 0 Å². The molecular formula is C13H16BrN3O3. The highest BCUT2D eigenvalue weighted by atomic mass is 79.9. The third-order valence-electron chi connectivity index (χ3n) is 3.03. The molecule has 20 heavy (non-hydrogen) atoms. The van der Waals surface area contributed by atoms with E-state index in [0.29, 0.717) is 36.5 Å². The fourth-order valence-electron chi connectivity index (χ4n) is 1.91. The molecular weight excluding hydrogens is 326 g/mol. The number of rotatable bonds is 3. The van der Waals surface area contributed by atoms with Crippen LogP contribution in [-0.4, -0.2) is 54.0 Å². The van der Waals surface area contributed by atoms with E-state index in [1.807, 2.05) is 0 Å². The van der Waals surface area contributed by atoms with E-state index in [1.165, 1.54) is 6.20 Å². The molecule has 1 aliphatic heterocycles. The lowest BCUT2D eigenvalue weighted by molar-refractivity contribution is -0.136. The molecule has 7 heteroatoms. The van der Waals surface area contributed by atoms with E-state index < -0.39 is 6.04 Å². The number of carbonyl (C=O) groups excluding carboxylic acids is 2. The highest BCUT2D eigenvalue weighted by Crippen LogP contribution is 2.07. The zero-order valence-corrected chi connectivity index (χ0v) is 12.7. The quantitative estimate of drug-likeness (QED) is 0.826. The molecule has 1 aliphatic rings. The number of aromatic nitrogens is 1. The van der Waals surface area contributed by atoms with Gasteiger partial charge in [-0.25, -0.2) is 4.98 Å². The van der Waals surface area contributed by atoms with Gasteiger partial charge in [0.15, 0.2) is 0 Å². The fraction of sp³-hybridized carbons (Fsp3) is 0.462. The summed E-state index contributed by atoms with van der Waals surface area (Å²) in [4.78, 5) is 29.8. The molecule has 2 amide bonds. The van der Waals surface area contributed by atoms with Gasteiger partial charge in [-0.15, -0.1) is 0 Å². The highest BCUT2D eigenvalue weighted by Gasteiger charge is 2.23. The second-order valence-corrected chi connectivity index (χ2v) is 5.31. The Balaban J connectivity index is 1.92. The second kappa shape index (κ2) is 6.81. The maximum absolute atomic E-state index is 12.2. The average Bonchev–Trinajstić information content (AvgIpc) is 2.48. The summed E-state index contributed by atoms with van der Waals surface area (Å²) >= 11 is 3.21. The van der Waals surface area contributed by atoms with Crippen LogP contribution in [0.4, 0.5) is 0 Å². The van der Waals surface area contributed by atoms with Gasteiger partial charge in [-0.1, -0.05) is 0 Å². The van der Waals surface area contributed by atoms with Crippen molar-refractivity contribution in [1.29, 1.82) is 0 Å². The number of morpholine rings is 1. The summed E-state index contributed by atoms with van der Waals surface area (Å²) in [5, 5.41) is 2.69. The molecule has 1 aromatic rings. The van der Waals surface area contributed by atoms with Gasteiger partial charge in [0.1, 0.15) is 10.6 Å². The molecule has 1 fully saturated rings. The van der Waals surface area contributed by atoms with Crippen LogP contribution in [0.5, 0.6) is 0 Å². The predicted octanol–water partition coefficient (Wildman–Crippen LogP) is 0.821. The average molecular weight is 342 g/mol. The fourth-order valence-corrected chi connectivity index (χ4v) is 2.14. The van der Waals surface area contributed by atoms with Crippen LogP contribution in [0, 0.1) is 0 Å². The molecule has 1 atom stereocenters. The van der Waals surface area contributed by atoms with E-state index in [9.17, 15) is 9.59 Å². The SMILES string of the molecule is CC(NC(=O)c1ccc(Br)nc1)C(=O)N1CCOCC1. The van der Waals surface area contributed by atoms with Crippen molar-refractivity contribution >= 4 is 27.7 Å². The molecule has 1 saturated heterocycles. The summed E-state index contributed by atoms with van der Waals surface area (Å²) in [5.41, 5.74) is 0.426. The number of hydrogen-bond acceptors (Lipinski definition) is 4. The van der Waals surface area contributed by atoms with Gasteiger partial charge in [0.05, 0.1) is 18.8 Å². The summed E-state index contributed by atoms with van der Waals surface area (Å²) in [6.45, 7) is 3.91. The smallest absolute Gasteiger partial charge is 0.253 e.